The molecule has 29 heteroatoms. The smallest absolute Gasteiger partial charge is 0.407 e. The number of hydrogen-bond donors (Lipinski definition) is 10. The van der Waals surface area contributed by atoms with E-state index in [9.17, 15) is 63.0 Å². The summed E-state index contributed by atoms with van der Waals surface area (Å²) in [4.78, 5) is 140. The van der Waals surface area contributed by atoms with Crippen LogP contribution in [-0.2, 0) is 82.9 Å². The second-order valence-electron chi connectivity index (χ2n) is 37.2. The number of aliphatic hydroxyl groups is 2. The zero-order valence-corrected chi connectivity index (χ0v) is 74.2. The molecule has 2 aliphatic carbocycles. The molecule has 0 bridgehead atoms. The van der Waals surface area contributed by atoms with Gasteiger partial charge in [0.2, 0.25) is 23.6 Å². The monoisotopic (exact) mass is 1710 g/mol. The van der Waals surface area contributed by atoms with E-state index in [1.807, 2.05) is 91.8 Å². The molecule has 29 nitrogen and oxygen atoms in total. The highest BCUT2D eigenvalue weighted by Gasteiger charge is 2.60. The Labute approximate surface area is 726 Å². The van der Waals surface area contributed by atoms with Gasteiger partial charge in [0, 0.05) is 100 Å². The third-order valence-electron chi connectivity index (χ3n) is 25.1. The van der Waals surface area contributed by atoms with Gasteiger partial charge in [-0.1, -0.05) is 134 Å². The van der Waals surface area contributed by atoms with Gasteiger partial charge in [0.05, 0.1) is 68.0 Å². The number of nitrogens with zero attached hydrogens (tertiary/aromatic N) is 1. The Kier molecular flexibility index (Phi) is 37.4. The van der Waals surface area contributed by atoms with Crippen molar-refractivity contribution in [2.24, 2.45) is 58.8 Å². The molecule has 18 atom stereocenters. The molecule has 7 aliphatic heterocycles. The van der Waals surface area contributed by atoms with Crippen LogP contribution >= 0.6 is 0 Å². The van der Waals surface area contributed by atoms with Crippen molar-refractivity contribution < 1.29 is 96.1 Å². The Balaban J connectivity index is 0.000000356. The van der Waals surface area contributed by atoms with Crippen LogP contribution in [0.4, 0.5) is 15.3 Å². The van der Waals surface area contributed by atoms with Crippen LogP contribution in [0.1, 0.15) is 223 Å². The molecule has 2 spiro atoms. The number of imide groups is 1. The number of Topliss-reactive ketones (excluding diaryl/α,β-unsaturated/α-hetero) is 3. The van der Waals surface area contributed by atoms with Crippen LogP contribution in [0.15, 0.2) is 108 Å². The number of ketones is 3. The summed E-state index contributed by atoms with van der Waals surface area (Å²) in [5.41, 5.74) is 12.9. The van der Waals surface area contributed by atoms with Crippen LogP contribution in [0.2, 0.25) is 0 Å². The lowest BCUT2D eigenvalue weighted by Crippen LogP contribution is -2.50. The number of unbranched alkanes of at least 4 members (excludes halogenated alkanes) is 2. The maximum atomic E-state index is 13.7. The molecule has 680 valence electrons. The SMILES string of the molecule is CC(/C=C/[C@H]1O[C@H](CC(=O)CC2CC(N)C2)C[C@@]2(CO2)[C@@H]1O)=C\C[C@@H]1O[C@H](C)[C@H](NC(=O)/C=C\C(C)C)C[C@@H]1C.CC(/C=C/[C@H]1O[C@H](CC(=O)CC2CC(NC(=O)OCc3ccc(NC(=O)[C@H](CCCNC(N)=O)CC(=O)[C@@H](NC(=O)CCCCCN4C(=O)C=CC4=O)C(C)C)cc3)C2)C[C@@]2(CO2)[C@@H]1O)=C\C[C@@H]1O[C@H](C)[C@H](NC(=O)/C=C\C(C)C)C[C@@H]1C. The van der Waals surface area contributed by atoms with Crippen LogP contribution in [0.3, 0.4) is 0 Å². The molecule has 7 heterocycles. The van der Waals surface area contributed by atoms with Crippen molar-refractivity contribution in [2.75, 3.05) is 31.6 Å². The molecule has 9 amide bonds. The third kappa shape index (κ3) is 31.3. The molecule has 1 aromatic rings. The molecule has 0 unspecified atom stereocenters. The number of nitrogens with one attached hydrogen (secondary N) is 6. The standard InChI is InChI=1S/C62H89N7O14.C32H50N2O6/c1-37(2)14-23-54(73)67-49-28-40(6)51(82-41(49)7)21-15-39(5)16-22-52-58(76)62(36-81-62)34-48(83-52)33-47(70)31-43-29-46(30-43)66-61(79)80-35-42-17-19-45(20-18-42)65-59(77)44(12-11-26-64-60(63)78)32-50(71)57(38(3)4)68-53(72)13-9-8-10-27-69-55(74)24-25-56(69)75;1-19(2)6-11-30(36)34-27-12-21(4)28(39-22(27)5)9-7-20(3)8-10-29-31(37)32(18-38-32)17-26(40-29)16-25(35)15-23-13-24(33)14-23/h14-20,22-25,37-38,40-41,43-44,46,48-49,51-52,57-58,76H,8-13,21,26-36H2,1-7H3,(H,65,77)(H,66,79)(H,67,73)(H,68,72)(H3,63,64,78);6-8,10-11,19,21-24,26-29,31,37H,9,12-18,33H2,1-5H3,(H,34,36)/b22-16+,23-14-,39-15+;10-8+,11-6-,20-7+/t40-,41+,43?,44+,46?,48+,49+,51-,52+,57-,58+,62+;21-,22+,23?,24?,26+,27+,28-,29+,31+,32+/m00/s1. The normalized spacial score (nSPS) is 31.1. The molecule has 0 aromatic heterocycles. The summed E-state index contributed by atoms with van der Waals surface area (Å²) in [5, 5.41) is 39.4. The number of ether oxygens (including phenoxy) is 7. The number of nitrogens with two attached hydrogens (primary N) is 2. The summed E-state index contributed by atoms with van der Waals surface area (Å²) < 4.78 is 42.1. The van der Waals surface area contributed by atoms with Gasteiger partial charge < -0.3 is 86.7 Å². The van der Waals surface area contributed by atoms with E-state index >= 15 is 0 Å². The average molecular weight is 1720 g/mol. The quantitative estimate of drug-likeness (QED) is 0.00956. The molecular formula is C94H139N9O20. The van der Waals surface area contributed by atoms with Gasteiger partial charge in [-0.05, 0) is 176 Å². The number of primary amides is 1. The van der Waals surface area contributed by atoms with Gasteiger partial charge >= 0.3 is 12.1 Å². The maximum absolute atomic E-state index is 13.7. The second-order valence-corrected chi connectivity index (χ2v) is 37.2. The molecular weight excluding hydrogens is 1580 g/mol. The van der Waals surface area contributed by atoms with Crippen molar-refractivity contribution in [3.63, 3.8) is 0 Å². The summed E-state index contributed by atoms with van der Waals surface area (Å²) >= 11 is 0. The number of anilines is 1. The highest BCUT2D eigenvalue weighted by molar-refractivity contribution is 6.12. The molecule has 2 saturated carbocycles. The van der Waals surface area contributed by atoms with Crippen molar-refractivity contribution in [1.29, 1.82) is 0 Å². The first kappa shape index (κ1) is 98.4. The fourth-order valence-corrected chi connectivity index (χ4v) is 17.4. The number of epoxide rings is 2. The van der Waals surface area contributed by atoms with Crippen LogP contribution in [-0.4, -0.2) is 209 Å². The van der Waals surface area contributed by atoms with Crippen LogP contribution in [0.25, 0.3) is 0 Å². The van der Waals surface area contributed by atoms with Crippen molar-refractivity contribution in [2.45, 2.75) is 327 Å². The first-order chi connectivity index (χ1) is 58.4. The van der Waals surface area contributed by atoms with Crippen molar-refractivity contribution in [3.8, 4) is 0 Å². The fraction of sp³-hybridized carbons (Fsp3) is 0.670. The minimum Gasteiger partial charge on any atom is -0.445 e. The summed E-state index contributed by atoms with van der Waals surface area (Å²) in [7, 11) is 0. The Morgan fingerprint density at radius 2 is 1.12 bits per heavy atom. The Morgan fingerprint density at radius 1 is 0.626 bits per heavy atom. The van der Waals surface area contributed by atoms with Crippen LogP contribution in [0.5, 0.6) is 0 Å². The minimum absolute atomic E-state index is 0.00596. The molecule has 10 rings (SSSR count). The lowest BCUT2D eigenvalue weighted by atomic mass is 9.76. The number of rotatable bonds is 42. The number of hydrogen-bond acceptors (Lipinski definition) is 21. The predicted molar refractivity (Wildman–Crippen MR) is 464 cm³/mol. The van der Waals surface area contributed by atoms with E-state index in [1.54, 1.807) is 50.3 Å². The highest BCUT2D eigenvalue weighted by Crippen LogP contribution is 2.46. The second kappa shape index (κ2) is 46.7. The van der Waals surface area contributed by atoms with Gasteiger partial charge in [-0.15, -0.1) is 0 Å². The molecule has 123 heavy (non-hydrogen) atoms. The van der Waals surface area contributed by atoms with Gasteiger partial charge in [0.15, 0.2) is 5.78 Å². The van der Waals surface area contributed by atoms with E-state index in [1.165, 1.54) is 12.2 Å². The zero-order valence-electron chi connectivity index (χ0n) is 74.2. The Morgan fingerprint density at radius 3 is 1.59 bits per heavy atom. The molecule has 1 aromatic carbocycles. The number of alkyl carbamates (subject to hydrolysis) is 1. The minimum atomic E-state index is -0.869. The van der Waals surface area contributed by atoms with Gasteiger partial charge in [-0.3, -0.25) is 48.1 Å². The lowest BCUT2D eigenvalue weighted by molar-refractivity contribution is -0.145. The zero-order chi connectivity index (χ0) is 89.4. The number of allylic oxidation sites excluding steroid dienone is 6. The molecule has 0 radical (unpaired) electrons. The van der Waals surface area contributed by atoms with E-state index in [0.717, 1.165) is 48.2 Å². The van der Waals surface area contributed by atoms with Crippen LogP contribution in [0, 0.1) is 47.3 Å². The van der Waals surface area contributed by atoms with Crippen LogP contribution < -0.4 is 43.4 Å². The number of benzene rings is 1. The van der Waals surface area contributed by atoms with E-state index in [-0.39, 0.29) is 165 Å². The number of carbonyl (C=O) groups excluding carboxylic acids is 11. The van der Waals surface area contributed by atoms with Gasteiger partial charge in [0.1, 0.15) is 53.8 Å². The number of carbonyl (C=O) groups is 11. The first-order valence-electron chi connectivity index (χ1n) is 44.8. The maximum Gasteiger partial charge on any atom is 0.407 e. The van der Waals surface area contributed by atoms with Crippen molar-refractivity contribution >= 4 is 70.6 Å². The topological polar surface area (TPSA) is 427 Å². The lowest BCUT2D eigenvalue weighted by Gasteiger charge is -2.39. The molecule has 8 fully saturated rings. The summed E-state index contributed by atoms with van der Waals surface area (Å²) in [6, 6.07) is 5.17. The van der Waals surface area contributed by atoms with Crippen molar-refractivity contribution in [3.05, 3.63) is 114 Å². The number of urea groups is 1. The van der Waals surface area contributed by atoms with Crippen molar-refractivity contribution in [1.82, 2.24) is 31.5 Å². The predicted octanol–water partition coefficient (Wildman–Crippen LogP) is 10.1. The number of aliphatic hydroxyl groups excluding tert-OH is 2. The van der Waals surface area contributed by atoms with Gasteiger partial charge in [-0.25, -0.2) is 9.59 Å². The van der Waals surface area contributed by atoms with E-state index in [0.29, 0.717) is 125 Å². The summed E-state index contributed by atoms with van der Waals surface area (Å²) in [6.07, 6.45) is 28.0. The first-order valence-corrected chi connectivity index (χ1v) is 44.8. The molecule has 6 saturated heterocycles. The summed E-state index contributed by atoms with van der Waals surface area (Å²) in [6.45, 7) is 25.4. The average Bonchev–Trinajstić information content (AvgIpc) is 1.60. The Bertz CT molecular complexity index is 3980. The fourth-order valence-electron chi connectivity index (χ4n) is 17.4. The largest absolute Gasteiger partial charge is 0.445 e. The third-order valence-corrected chi connectivity index (χ3v) is 25.1. The van der Waals surface area contributed by atoms with E-state index < -0.39 is 71.7 Å². The van der Waals surface area contributed by atoms with E-state index in [2.05, 4.69) is 57.9 Å². The molecule has 12 N–H and O–H groups in total. The summed E-state index contributed by atoms with van der Waals surface area (Å²) in [5.74, 6) is -1.12. The van der Waals surface area contributed by atoms with Gasteiger partial charge in [0.25, 0.3) is 11.8 Å². The molecule has 9 aliphatic rings. The number of amides is 9. The Hall–Kier alpha value is -8.39. The van der Waals surface area contributed by atoms with E-state index in [4.69, 9.17) is 44.6 Å². The van der Waals surface area contributed by atoms with Gasteiger partial charge in [-0.2, -0.15) is 0 Å². The highest BCUT2D eigenvalue weighted by atomic mass is 16.6.